The van der Waals surface area contributed by atoms with Crippen molar-refractivity contribution in [2.45, 2.75) is 13.3 Å². The average molecular weight is 303 g/mol. The minimum absolute atomic E-state index is 0.0453. The van der Waals surface area contributed by atoms with Crippen molar-refractivity contribution in [1.82, 2.24) is 5.32 Å². The van der Waals surface area contributed by atoms with Crippen LogP contribution in [-0.2, 0) is 9.53 Å². The first kappa shape index (κ1) is 17.3. The summed E-state index contributed by atoms with van der Waals surface area (Å²) in [6.45, 7) is 3.47. The van der Waals surface area contributed by atoms with Crippen LogP contribution in [0.4, 0.5) is 5.69 Å². The number of rotatable bonds is 8. The summed E-state index contributed by atoms with van der Waals surface area (Å²) in [5, 5.41) is 22.2. The van der Waals surface area contributed by atoms with Gasteiger partial charge in [0.25, 0.3) is 11.6 Å². The van der Waals surface area contributed by atoms with Gasteiger partial charge in [-0.3, -0.25) is 14.9 Å². The number of nitro groups is 1. The van der Waals surface area contributed by atoms with Crippen LogP contribution >= 0.6 is 0 Å². The fourth-order valence-electron chi connectivity index (χ4n) is 1.62. The van der Waals surface area contributed by atoms with Gasteiger partial charge in [0.2, 0.25) is 0 Å². The summed E-state index contributed by atoms with van der Waals surface area (Å²) in [5.74, 6) is -0.475. The molecule has 0 bridgehead atoms. The van der Waals surface area contributed by atoms with Crippen LogP contribution in [0.3, 0.4) is 0 Å². The number of nitriles is 1. The van der Waals surface area contributed by atoms with E-state index in [1.807, 2.05) is 13.0 Å². The van der Waals surface area contributed by atoms with Gasteiger partial charge in [0, 0.05) is 31.9 Å². The second-order valence-corrected chi connectivity index (χ2v) is 4.32. The van der Waals surface area contributed by atoms with E-state index in [9.17, 15) is 14.9 Å². The van der Waals surface area contributed by atoms with E-state index in [-0.39, 0.29) is 11.3 Å². The van der Waals surface area contributed by atoms with Crippen molar-refractivity contribution in [2.24, 2.45) is 0 Å². The van der Waals surface area contributed by atoms with E-state index < -0.39 is 10.8 Å². The first-order chi connectivity index (χ1) is 10.6. The summed E-state index contributed by atoms with van der Waals surface area (Å²) in [6, 6.07) is 7.43. The fraction of sp³-hybridized carbons (Fsp3) is 0.333. The van der Waals surface area contributed by atoms with E-state index in [0.29, 0.717) is 31.7 Å². The quantitative estimate of drug-likeness (QED) is 0.260. The van der Waals surface area contributed by atoms with Gasteiger partial charge < -0.3 is 10.1 Å². The molecule has 0 spiro atoms. The molecule has 0 heterocycles. The second-order valence-electron chi connectivity index (χ2n) is 4.32. The molecular formula is C15H17N3O4. The molecule has 22 heavy (non-hydrogen) atoms. The molecule has 1 amide bonds. The van der Waals surface area contributed by atoms with Gasteiger partial charge in [-0.25, -0.2) is 0 Å². The smallest absolute Gasteiger partial charge is 0.269 e. The Labute approximate surface area is 128 Å². The third-order valence-corrected chi connectivity index (χ3v) is 2.74. The van der Waals surface area contributed by atoms with Crippen LogP contribution in [0.5, 0.6) is 0 Å². The lowest BCUT2D eigenvalue weighted by Gasteiger charge is -2.04. The van der Waals surface area contributed by atoms with E-state index in [0.717, 1.165) is 0 Å². The highest BCUT2D eigenvalue weighted by molar-refractivity contribution is 6.01. The van der Waals surface area contributed by atoms with Crippen molar-refractivity contribution < 1.29 is 14.5 Å². The van der Waals surface area contributed by atoms with Crippen molar-refractivity contribution in [3.8, 4) is 6.07 Å². The van der Waals surface area contributed by atoms with Gasteiger partial charge in [-0.1, -0.05) is 0 Å². The Morgan fingerprint density at radius 2 is 2.14 bits per heavy atom. The summed E-state index contributed by atoms with van der Waals surface area (Å²) < 4.78 is 5.14. The second kappa shape index (κ2) is 9.26. The van der Waals surface area contributed by atoms with Gasteiger partial charge in [0.05, 0.1) is 4.92 Å². The fourth-order valence-corrected chi connectivity index (χ4v) is 1.62. The van der Waals surface area contributed by atoms with Crippen molar-refractivity contribution in [1.29, 1.82) is 5.26 Å². The maximum absolute atomic E-state index is 11.8. The molecule has 116 valence electrons. The Balaban J connectivity index is 2.64. The monoisotopic (exact) mass is 303 g/mol. The molecule has 1 rings (SSSR count). The van der Waals surface area contributed by atoms with Crippen molar-refractivity contribution >= 4 is 17.7 Å². The lowest BCUT2D eigenvalue weighted by Crippen LogP contribution is -2.26. The van der Waals surface area contributed by atoms with E-state index in [4.69, 9.17) is 10.00 Å². The van der Waals surface area contributed by atoms with Crippen molar-refractivity contribution in [3.63, 3.8) is 0 Å². The topological polar surface area (TPSA) is 105 Å². The molecular weight excluding hydrogens is 286 g/mol. The predicted molar refractivity (Wildman–Crippen MR) is 80.8 cm³/mol. The van der Waals surface area contributed by atoms with E-state index >= 15 is 0 Å². The van der Waals surface area contributed by atoms with Gasteiger partial charge in [0.15, 0.2) is 0 Å². The highest BCUT2D eigenvalue weighted by Gasteiger charge is 2.09. The minimum atomic E-state index is -0.510. The van der Waals surface area contributed by atoms with E-state index in [1.165, 1.54) is 30.3 Å². The number of hydrogen-bond donors (Lipinski definition) is 1. The van der Waals surface area contributed by atoms with Gasteiger partial charge >= 0.3 is 0 Å². The minimum Gasteiger partial charge on any atom is -0.382 e. The van der Waals surface area contributed by atoms with E-state index in [1.54, 1.807) is 0 Å². The number of nitrogens with one attached hydrogen (secondary N) is 1. The molecule has 0 aliphatic carbocycles. The lowest BCUT2D eigenvalue weighted by molar-refractivity contribution is -0.384. The van der Waals surface area contributed by atoms with Crippen LogP contribution < -0.4 is 5.32 Å². The summed E-state index contributed by atoms with van der Waals surface area (Å²) in [7, 11) is 0. The molecule has 0 fully saturated rings. The maximum atomic E-state index is 11.8. The Hall–Kier alpha value is -2.72. The summed E-state index contributed by atoms with van der Waals surface area (Å²) >= 11 is 0. The highest BCUT2D eigenvalue weighted by atomic mass is 16.6. The third-order valence-electron chi connectivity index (χ3n) is 2.74. The van der Waals surface area contributed by atoms with Crippen LogP contribution in [0.1, 0.15) is 18.9 Å². The van der Waals surface area contributed by atoms with Gasteiger partial charge in [0.1, 0.15) is 11.6 Å². The number of nitro benzene ring substituents is 1. The molecule has 0 aromatic heterocycles. The molecule has 1 aromatic rings. The predicted octanol–water partition coefficient (Wildman–Crippen LogP) is 2.04. The summed E-state index contributed by atoms with van der Waals surface area (Å²) in [5.41, 5.74) is 0.452. The van der Waals surface area contributed by atoms with Crippen molar-refractivity contribution in [2.75, 3.05) is 19.8 Å². The molecule has 1 aromatic carbocycles. The number of nitrogens with zero attached hydrogens (tertiary/aromatic N) is 2. The Bertz CT molecular complexity index is 588. The van der Waals surface area contributed by atoms with Crippen molar-refractivity contribution in [3.05, 3.63) is 45.5 Å². The summed E-state index contributed by atoms with van der Waals surface area (Å²) in [4.78, 5) is 21.9. The zero-order chi connectivity index (χ0) is 16.4. The zero-order valence-electron chi connectivity index (χ0n) is 12.2. The lowest BCUT2D eigenvalue weighted by atomic mass is 10.1. The normalized spacial score (nSPS) is 10.8. The molecule has 0 saturated heterocycles. The van der Waals surface area contributed by atoms with Crippen LogP contribution in [0.25, 0.3) is 6.08 Å². The van der Waals surface area contributed by atoms with Gasteiger partial charge in [-0.05, 0) is 37.1 Å². The molecule has 7 heteroatoms. The maximum Gasteiger partial charge on any atom is 0.269 e. The summed E-state index contributed by atoms with van der Waals surface area (Å²) in [6.07, 6.45) is 2.05. The van der Waals surface area contributed by atoms with Crippen LogP contribution in [0, 0.1) is 21.4 Å². The standard InChI is InChI=1S/C15H17N3O4/c1-2-22-9-3-8-17-15(19)13(11-16)10-12-4-6-14(7-5-12)18(20)21/h4-7,10H,2-3,8-9H2,1H3,(H,17,19)/b13-10+. The Morgan fingerprint density at radius 1 is 1.45 bits per heavy atom. The molecule has 7 nitrogen and oxygen atoms in total. The zero-order valence-corrected chi connectivity index (χ0v) is 12.2. The Morgan fingerprint density at radius 3 is 2.68 bits per heavy atom. The first-order valence-electron chi connectivity index (χ1n) is 6.80. The third kappa shape index (κ3) is 5.73. The number of ether oxygens (including phenoxy) is 1. The number of carbonyl (C=O) groups excluding carboxylic acids is 1. The van der Waals surface area contributed by atoms with E-state index in [2.05, 4.69) is 5.32 Å². The average Bonchev–Trinajstić information content (AvgIpc) is 2.52. The highest BCUT2D eigenvalue weighted by Crippen LogP contribution is 2.14. The number of benzene rings is 1. The Kier molecular flexibility index (Phi) is 7.29. The largest absolute Gasteiger partial charge is 0.382 e. The van der Waals surface area contributed by atoms with Crippen LogP contribution in [-0.4, -0.2) is 30.6 Å². The molecule has 0 aliphatic heterocycles. The number of carbonyl (C=O) groups is 1. The number of hydrogen-bond acceptors (Lipinski definition) is 5. The van der Waals surface area contributed by atoms with Gasteiger partial charge in [-0.15, -0.1) is 0 Å². The van der Waals surface area contributed by atoms with Gasteiger partial charge in [-0.2, -0.15) is 5.26 Å². The molecule has 0 unspecified atom stereocenters. The van der Waals surface area contributed by atoms with Crippen LogP contribution in [0.15, 0.2) is 29.8 Å². The number of non-ortho nitro benzene ring substituents is 1. The molecule has 0 aliphatic rings. The SMILES string of the molecule is CCOCCCNC(=O)/C(C#N)=C/c1ccc([N+](=O)[O-])cc1. The molecule has 0 saturated carbocycles. The molecule has 0 atom stereocenters. The molecule has 0 radical (unpaired) electrons. The molecule has 1 N–H and O–H groups in total. The van der Waals surface area contributed by atoms with Crippen LogP contribution in [0.2, 0.25) is 0 Å². The first-order valence-corrected chi connectivity index (χ1v) is 6.80. The number of amides is 1.